The number of rotatable bonds is 13. The highest BCUT2D eigenvalue weighted by Crippen LogP contribution is 2.16. The van der Waals surface area contributed by atoms with Gasteiger partial charge in [0.1, 0.15) is 0 Å². The van der Waals surface area contributed by atoms with Crippen LogP contribution in [0.3, 0.4) is 0 Å². The number of esters is 1. The number of methoxy groups -OCH3 is 1. The van der Waals surface area contributed by atoms with Crippen LogP contribution in [0.5, 0.6) is 0 Å². The van der Waals surface area contributed by atoms with Crippen molar-refractivity contribution in [2.45, 2.75) is 59.8 Å². The standard InChI is InChI=1S/C21H36N2O2S/c1-16(2)8-6-9-17(3)10-7-11-18(4)12-13-26-15-19(14-20(22)23)21(24)25-5/h8,10,12,19H,6-7,9,11,13-15H2,1-5H3,(H3,22,23)/b17-10+,18-12+. The van der Waals surface area contributed by atoms with Crippen LogP contribution >= 0.6 is 11.8 Å². The highest BCUT2D eigenvalue weighted by atomic mass is 32.2. The number of hydrogen-bond donors (Lipinski definition) is 2. The normalized spacial score (nSPS) is 13.3. The Balaban J connectivity index is 4.14. The molecule has 0 saturated carbocycles. The maximum absolute atomic E-state index is 11.7. The van der Waals surface area contributed by atoms with Gasteiger partial charge in [0.05, 0.1) is 18.9 Å². The van der Waals surface area contributed by atoms with Crippen molar-refractivity contribution in [2.24, 2.45) is 11.7 Å². The molecule has 0 heterocycles. The second-order valence-electron chi connectivity index (χ2n) is 6.95. The second kappa shape index (κ2) is 14.7. The zero-order valence-corrected chi connectivity index (χ0v) is 17.9. The number of carbonyl (C=O) groups excluding carboxylic acids is 1. The third-order valence-electron chi connectivity index (χ3n) is 3.99. The van der Waals surface area contributed by atoms with Crippen molar-refractivity contribution < 1.29 is 9.53 Å². The largest absolute Gasteiger partial charge is 0.469 e. The van der Waals surface area contributed by atoms with Crippen LogP contribution in [0.1, 0.15) is 59.8 Å². The predicted octanol–water partition coefficient (Wildman–Crippen LogP) is 5.25. The van der Waals surface area contributed by atoms with E-state index in [0.29, 0.717) is 5.75 Å². The lowest BCUT2D eigenvalue weighted by atomic mass is 10.1. The van der Waals surface area contributed by atoms with E-state index in [-0.39, 0.29) is 24.1 Å². The maximum Gasteiger partial charge on any atom is 0.309 e. The molecule has 0 rings (SSSR count). The van der Waals surface area contributed by atoms with E-state index in [1.807, 2.05) is 0 Å². The van der Waals surface area contributed by atoms with Crippen molar-refractivity contribution in [1.29, 1.82) is 5.41 Å². The average Bonchev–Trinajstić information content (AvgIpc) is 2.56. The monoisotopic (exact) mass is 380 g/mol. The third kappa shape index (κ3) is 13.8. The summed E-state index contributed by atoms with van der Waals surface area (Å²) >= 11 is 1.68. The third-order valence-corrected chi connectivity index (χ3v) is 5.03. The molecule has 1 atom stereocenters. The summed E-state index contributed by atoms with van der Waals surface area (Å²) in [6.07, 6.45) is 11.5. The smallest absolute Gasteiger partial charge is 0.309 e. The van der Waals surface area contributed by atoms with Gasteiger partial charge in [0.25, 0.3) is 0 Å². The Kier molecular flexibility index (Phi) is 13.8. The minimum atomic E-state index is -0.331. The first-order chi connectivity index (χ1) is 12.3. The summed E-state index contributed by atoms with van der Waals surface area (Å²) in [5.74, 6) is 0.893. The first kappa shape index (κ1) is 24.5. The molecule has 26 heavy (non-hydrogen) atoms. The average molecular weight is 381 g/mol. The van der Waals surface area contributed by atoms with E-state index in [2.05, 4.69) is 45.9 Å². The van der Waals surface area contributed by atoms with Gasteiger partial charge in [-0.25, -0.2) is 0 Å². The van der Waals surface area contributed by atoms with Crippen LogP contribution in [-0.4, -0.2) is 30.4 Å². The molecule has 5 heteroatoms. The molecule has 0 spiro atoms. The minimum Gasteiger partial charge on any atom is -0.469 e. The van der Waals surface area contributed by atoms with Gasteiger partial charge >= 0.3 is 5.97 Å². The molecule has 0 aromatic heterocycles. The quantitative estimate of drug-likeness (QED) is 0.150. The predicted molar refractivity (Wildman–Crippen MR) is 115 cm³/mol. The van der Waals surface area contributed by atoms with Gasteiger partial charge in [0, 0.05) is 17.9 Å². The van der Waals surface area contributed by atoms with Gasteiger partial charge < -0.3 is 10.5 Å². The summed E-state index contributed by atoms with van der Waals surface area (Å²) in [5.41, 5.74) is 9.61. The van der Waals surface area contributed by atoms with Crippen molar-refractivity contribution in [3.63, 3.8) is 0 Å². The fourth-order valence-corrected chi connectivity index (χ4v) is 3.47. The Labute approximate surface area is 163 Å². The summed E-state index contributed by atoms with van der Waals surface area (Å²) in [5, 5.41) is 7.36. The molecule has 0 aromatic carbocycles. The number of hydrogen-bond acceptors (Lipinski definition) is 4. The number of nitrogens with two attached hydrogens (primary N) is 1. The van der Waals surface area contributed by atoms with Crippen LogP contribution in [0.4, 0.5) is 0 Å². The lowest BCUT2D eigenvalue weighted by molar-refractivity contribution is -0.144. The van der Waals surface area contributed by atoms with Gasteiger partial charge in [0.15, 0.2) is 0 Å². The molecule has 0 aliphatic heterocycles. The molecule has 0 aliphatic rings. The van der Waals surface area contributed by atoms with E-state index in [1.54, 1.807) is 11.8 Å². The maximum atomic E-state index is 11.7. The molecule has 0 amide bonds. The number of carbonyl (C=O) groups is 1. The Morgan fingerprint density at radius 2 is 1.65 bits per heavy atom. The van der Waals surface area contributed by atoms with Crippen LogP contribution in [0.2, 0.25) is 0 Å². The molecule has 4 nitrogen and oxygen atoms in total. The van der Waals surface area contributed by atoms with Crippen molar-refractivity contribution in [3.8, 4) is 0 Å². The highest BCUT2D eigenvalue weighted by Gasteiger charge is 2.19. The van der Waals surface area contributed by atoms with Gasteiger partial charge in [-0.2, -0.15) is 11.8 Å². The van der Waals surface area contributed by atoms with Gasteiger partial charge in [-0.15, -0.1) is 0 Å². The van der Waals surface area contributed by atoms with Crippen LogP contribution in [-0.2, 0) is 9.53 Å². The van der Waals surface area contributed by atoms with Gasteiger partial charge in [-0.3, -0.25) is 10.2 Å². The fraction of sp³-hybridized carbons (Fsp3) is 0.619. The lowest BCUT2D eigenvalue weighted by Gasteiger charge is -2.12. The van der Waals surface area contributed by atoms with Crippen molar-refractivity contribution in [3.05, 3.63) is 34.9 Å². The Morgan fingerprint density at radius 1 is 1.08 bits per heavy atom. The topological polar surface area (TPSA) is 76.2 Å². The van der Waals surface area contributed by atoms with E-state index in [9.17, 15) is 4.79 Å². The van der Waals surface area contributed by atoms with Crippen molar-refractivity contribution >= 4 is 23.6 Å². The molecule has 148 valence electrons. The van der Waals surface area contributed by atoms with E-state index >= 15 is 0 Å². The van der Waals surface area contributed by atoms with E-state index in [1.165, 1.54) is 23.8 Å². The van der Waals surface area contributed by atoms with Gasteiger partial charge in [-0.1, -0.05) is 34.9 Å². The fourth-order valence-electron chi connectivity index (χ4n) is 2.39. The summed E-state index contributed by atoms with van der Waals surface area (Å²) in [4.78, 5) is 11.7. The summed E-state index contributed by atoms with van der Waals surface area (Å²) in [6.45, 7) is 8.63. The molecular formula is C21H36N2O2S. The zero-order chi connectivity index (χ0) is 19.9. The molecule has 0 saturated heterocycles. The first-order valence-electron chi connectivity index (χ1n) is 9.19. The summed E-state index contributed by atoms with van der Waals surface area (Å²) < 4.78 is 4.78. The summed E-state index contributed by atoms with van der Waals surface area (Å²) in [6, 6.07) is 0. The van der Waals surface area contributed by atoms with Crippen LogP contribution in [0.15, 0.2) is 34.9 Å². The van der Waals surface area contributed by atoms with Gasteiger partial charge in [-0.05, 0) is 53.4 Å². The zero-order valence-electron chi connectivity index (χ0n) is 17.1. The Morgan fingerprint density at radius 3 is 2.19 bits per heavy atom. The number of nitrogens with one attached hydrogen (secondary N) is 1. The number of ether oxygens (including phenoxy) is 1. The summed E-state index contributed by atoms with van der Waals surface area (Å²) in [7, 11) is 1.37. The minimum absolute atomic E-state index is 0.0273. The molecule has 3 N–H and O–H groups in total. The molecule has 0 bridgehead atoms. The number of amidine groups is 1. The van der Waals surface area contributed by atoms with E-state index < -0.39 is 0 Å². The molecule has 0 aromatic rings. The van der Waals surface area contributed by atoms with Crippen LogP contribution in [0.25, 0.3) is 0 Å². The molecule has 0 aliphatic carbocycles. The van der Waals surface area contributed by atoms with Crippen LogP contribution in [0, 0.1) is 11.3 Å². The Hall–Kier alpha value is -1.49. The number of thioether (sulfide) groups is 1. The van der Waals surface area contributed by atoms with Gasteiger partial charge in [0.2, 0.25) is 0 Å². The molecular weight excluding hydrogens is 344 g/mol. The van der Waals surface area contributed by atoms with Crippen molar-refractivity contribution in [2.75, 3.05) is 18.6 Å². The molecule has 0 radical (unpaired) electrons. The van der Waals surface area contributed by atoms with E-state index in [4.69, 9.17) is 15.9 Å². The molecule has 0 fully saturated rings. The number of allylic oxidation sites excluding steroid dienone is 5. The van der Waals surface area contributed by atoms with E-state index in [0.717, 1.165) is 31.4 Å². The van der Waals surface area contributed by atoms with Crippen LogP contribution < -0.4 is 5.73 Å². The first-order valence-corrected chi connectivity index (χ1v) is 10.3. The van der Waals surface area contributed by atoms with Crippen molar-refractivity contribution in [1.82, 2.24) is 0 Å². The molecule has 1 unspecified atom stereocenters. The lowest BCUT2D eigenvalue weighted by Crippen LogP contribution is -2.25. The highest BCUT2D eigenvalue weighted by molar-refractivity contribution is 7.99. The second-order valence-corrected chi connectivity index (χ2v) is 8.02. The SMILES string of the molecule is COC(=O)C(CSC/C=C(\C)CC/C=C(\C)CCC=C(C)C)CC(=N)N. The Bertz CT molecular complexity index is 532.